The smallest absolute Gasteiger partial charge is 0.418 e. The van der Waals surface area contributed by atoms with Gasteiger partial charge in [-0.05, 0) is 43.0 Å². The van der Waals surface area contributed by atoms with Crippen LogP contribution < -0.4 is 4.84 Å². The topological polar surface area (TPSA) is 46.2 Å². The highest BCUT2D eigenvalue weighted by molar-refractivity contribution is 6.50. The summed E-state index contributed by atoms with van der Waals surface area (Å²) in [5.74, 6) is 0. The highest BCUT2D eigenvalue weighted by Gasteiger charge is 2.27. The van der Waals surface area contributed by atoms with Crippen LogP contribution in [0.25, 0.3) is 11.0 Å². The van der Waals surface area contributed by atoms with Crippen molar-refractivity contribution in [3.05, 3.63) is 24.3 Å². The monoisotopic (exact) mass is 489 g/mol. The van der Waals surface area contributed by atoms with E-state index in [9.17, 15) is 17.3 Å². The fourth-order valence-electron chi connectivity index (χ4n) is 3.31. The molecule has 0 unspecified atom stereocenters. The third-order valence-electron chi connectivity index (χ3n) is 5.16. The minimum absolute atomic E-state index is 0.856. The van der Waals surface area contributed by atoms with Crippen molar-refractivity contribution in [1.82, 2.24) is 20.1 Å². The van der Waals surface area contributed by atoms with Crippen LogP contribution in [0.1, 0.15) is 79.1 Å². The van der Waals surface area contributed by atoms with Gasteiger partial charge in [-0.15, -0.1) is 5.10 Å². The van der Waals surface area contributed by atoms with Gasteiger partial charge in [-0.25, -0.2) is 9.48 Å². The van der Waals surface area contributed by atoms with Gasteiger partial charge in [0.25, 0.3) is 0 Å². The van der Waals surface area contributed by atoms with Crippen molar-refractivity contribution < 1.29 is 26.7 Å². The lowest BCUT2D eigenvalue weighted by molar-refractivity contribution is -0.543. The number of rotatable bonds is 13. The first-order chi connectivity index (χ1) is 16.2. The van der Waals surface area contributed by atoms with E-state index in [-0.39, 0.29) is 0 Å². The Hall–Kier alpha value is -2.33. The summed E-state index contributed by atoms with van der Waals surface area (Å²) in [7, 11) is -6.00. The number of amidine groups is 1. The normalized spacial score (nSPS) is 11.2. The van der Waals surface area contributed by atoms with Crippen molar-refractivity contribution in [3.8, 4) is 0 Å². The molecule has 2 aromatic rings. The van der Waals surface area contributed by atoms with Gasteiger partial charge in [0, 0.05) is 0 Å². The van der Waals surface area contributed by atoms with Gasteiger partial charge in [0.05, 0.1) is 26.2 Å². The summed E-state index contributed by atoms with van der Waals surface area (Å²) in [6.45, 7) is 13.0. The molecule has 1 heterocycles. The van der Waals surface area contributed by atoms with Crippen LogP contribution in [0.2, 0.25) is 0 Å². The Morgan fingerprint density at radius 1 is 0.882 bits per heavy atom. The fraction of sp³-hybridized carbons (Fsp3) is 0.696. The van der Waals surface area contributed by atoms with Crippen LogP contribution in [0.3, 0.4) is 0 Å². The van der Waals surface area contributed by atoms with E-state index in [1.807, 2.05) is 24.3 Å². The summed E-state index contributed by atoms with van der Waals surface area (Å²) in [5.41, 5.74) is 1.76. The summed E-state index contributed by atoms with van der Waals surface area (Å²) in [6.07, 6.45) is 9.32. The summed E-state index contributed by atoms with van der Waals surface area (Å²) in [6, 6.07) is 8.90. The maximum atomic E-state index is 9.75. The average Bonchev–Trinajstić information content (AvgIpc) is 3.20. The number of benzene rings is 1. The zero-order valence-electron chi connectivity index (χ0n) is 21.0. The predicted octanol–water partition coefficient (Wildman–Crippen LogP) is 6.03. The molecule has 0 aliphatic rings. The van der Waals surface area contributed by atoms with Gasteiger partial charge in [-0.2, -0.15) is 0 Å². The second-order valence-electron chi connectivity index (χ2n) is 8.21. The molecule has 0 bridgehead atoms. The second-order valence-corrected chi connectivity index (χ2v) is 8.21. The van der Waals surface area contributed by atoms with Gasteiger partial charge in [-0.1, -0.05) is 70.4 Å². The third kappa shape index (κ3) is 11.7. The second kappa shape index (κ2) is 16.3. The molecule has 1 aromatic carbocycles. The molecule has 0 aliphatic carbocycles. The maximum Gasteiger partial charge on any atom is 0.673 e. The number of fused-ring (bicyclic) bond motifs is 1. The first kappa shape index (κ1) is 29.7. The van der Waals surface area contributed by atoms with Crippen LogP contribution in [0, 0.1) is 0 Å². The molecule has 11 heteroatoms. The number of hydrogen-bond donors (Lipinski definition) is 0. The highest BCUT2D eigenvalue weighted by atomic mass is 19.5. The lowest BCUT2D eigenvalue weighted by Crippen LogP contribution is -2.46. The number of halogens is 4. The maximum absolute atomic E-state index is 9.75. The predicted molar refractivity (Wildman–Crippen MR) is 131 cm³/mol. The van der Waals surface area contributed by atoms with Gasteiger partial charge in [0.2, 0.25) is 0 Å². The van der Waals surface area contributed by atoms with Gasteiger partial charge in [0.15, 0.2) is 0 Å². The van der Waals surface area contributed by atoms with Crippen LogP contribution in [-0.4, -0.2) is 64.1 Å². The van der Waals surface area contributed by atoms with Crippen LogP contribution in [0.15, 0.2) is 24.3 Å². The first-order valence-corrected chi connectivity index (χ1v) is 12.5. The van der Waals surface area contributed by atoms with Crippen LogP contribution in [0.4, 0.5) is 17.3 Å². The summed E-state index contributed by atoms with van der Waals surface area (Å²) in [5, 5.41) is 8.57. The Balaban J connectivity index is 0.00000104. The molecule has 0 saturated carbocycles. The number of hydrogen-bond acceptors (Lipinski definition) is 3. The number of aromatic nitrogens is 3. The van der Waals surface area contributed by atoms with Gasteiger partial charge < -0.3 is 17.3 Å². The van der Waals surface area contributed by atoms with Gasteiger partial charge in [-0.3, -0.25) is 4.84 Å². The molecule has 0 radical (unpaired) electrons. The standard InChI is InChI=1S/C23H40N5O.BF4/c1-5-9-17-26(18-10-6-2)23(27(19-11-7-3)20-12-8-4)29-28-22-16-14-13-15-21(22)24-25-28;2-1(3,4)5/h13-16H,5-12,17-20H2,1-4H3;/q+1;-1. The molecule has 1 aromatic heterocycles. The molecule has 0 N–H and O–H groups in total. The molecule has 0 spiro atoms. The van der Waals surface area contributed by atoms with E-state index in [1.54, 1.807) is 4.85 Å². The number of para-hydroxylation sites is 1. The lowest BCUT2D eigenvalue weighted by Gasteiger charge is -2.21. The molecule has 0 atom stereocenters. The van der Waals surface area contributed by atoms with Crippen molar-refractivity contribution in [2.75, 3.05) is 26.2 Å². The Bertz CT molecular complexity index is 820. The van der Waals surface area contributed by atoms with Crippen molar-refractivity contribution in [2.24, 2.45) is 0 Å². The molecule has 34 heavy (non-hydrogen) atoms. The molecule has 2 rings (SSSR count). The zero-order valence-corrected chi connectivity index (χ0v) is 21.0. The van der Waals surface area contributed by atoms with Crippen LogP contribution in [0.5, 0.6) is 0 Å². The molecule has 0 saturated heterocycles. The highest BCUT2D eigenvalue weighted by Crippen LogP contribution is 2.10. The van der Waals surface area contributed by atoms with E-state index in [0.29, 0.717) is 0 Å². The quantitative estimate of drug-likeness (QED) is 0.113. The first-order valence-electron chi connectivity index (χ1n) is 12.5. The molecule has 194 valence electrons. The molecular weight excluding hydrogens is 449 g/mol. The third-order valence-corrected chi connectivity index (χ3v) is 5.16. The Morgan fingerprint density at radius 3 is 1.88 bits per heavy atom. The molecule has 6 nitrogen and oxygen atoms in total. The van der Waals surface area contributed by atoms with Crippen LogP contribution in [-0.2, 0) is 0 Å². The Morgan fingerprint density at radius 2 is 1.38 bits per heavy atom. The van der Waals surface area contributed by atoms with Crippen molar-refractivity contribution in [1.29, 1.82) is 0 Å². The van der Waals surface area contributed by atoms with Crippen LogP contribution >= 0.6 is 0 Å². The Labute approximate surface area is 201 Å². The van der Waals surface area contributed by atoms with E-state index >= 15 is 0 Å². The van der Waals surface area contributed by atoms with E-state index in [2.05, 4.69) is 47.5 Å². The molecular formula is C23H40BF4N5O. The van der Waals surface area contributed by atoms with Crippen molar-refractivity contribution >= 4 is 24.3 Å². The minimum Gasteiger partial charge on any atom is -0.418 e. The van der Waals surface area contributed by atoms with Crippen molar-refractivity contribution in [3.63, 3.8) is 0 Å². The van der Waals surface area contributed by atoms with E-state index in [4.69, 9.17) is 4.84 Å². The van der Waals surface area contributed by atoms with Gasteiger partial charge in [0.1, 0.15) is 11.0 Å². The van der Waals surface area contributed by atoms with E-state index in [0.717, 1.165) is 68.9 Å². The average molecular weight is 489 g/mol. The summed E-state index contributed by atoms with van der Waals surface area (Å²) in [4.78, 5) is 10.5. The Kier molecular flexibility index (Phi) is 14.3. The fourth-order valence-corrected chi connectivity index (χ4v) is 3.31. The van der Waals surface area contributed by atoms with Gasteiger partial charge >= 0.3 is 13.3 Å². The lowest BCUT2D eigenvalue weighted by atomic mass is 10.2. The molecule has 0 aliphatic heterocycles. The van der Waals surface area contributed by atoms with E-state index < -0.39 is 7.25 Å². The summed E-state index contributed by atoms with van der Waals surface area (Å²) >= 11 is 0. The largest absolute Gasteiger partial charge is 0.673 e. The SMILES string of the molecule is CCCCN(CCCC)C(On1nnc2ccccc21)=[N+](CCCC)CCCC.F[B-](F)(F)F. The zero-order chi connectivity index (χ0) is 25.4. The van der Waals surface area contributed by atoms with E-state index in [1.165, 1.54) is 25.7 Å². The minimum atomic E-state index is -6.00. The number of unbranched alkanes of at least 4 members (excludes halogenated alkanes) is 4. The summed E-state index contributed by atoms with van der Waals surface area (Å²) < 4.78 is 41.4. The molecule has 0 fully saturated rings. The number of nitrogens with zero attached hydrogens (tertiary/aromatic N) is 5. The molecule has 0 amide bonds. The van der Waals surface area contributed by atoms with Crippen molar-refractivity contribution in [2.45, 2.75) is 79.1 Å².